The summed E-state index contributed by atoms with van der Waals surface area (Å²) in [5, 5.41) is 14.9. The number of tetrazole rings is 1. The summed E-state index contributed by atoms with van der Waals surface area (Å²) >= 11 is 2.73. The molecular formula is C15H21N5O2S2. The predicted octanol–water partition coefficient (Wildman–Crippen LogP) is 2.39. The number of amides is 1. The first-order valence-electron chi connectivity index (χ1n) is 7.60. The molecule has 0 fully saturated rings. The van der Waals surface area contributed by atoms with Gasteiger partial charge in [-0.15, -0.1) is 16.4 Å². The highest BCUT2D eigenvalue weighted by molar-refractivity contribution is 7.99. The minimum atomic E-state index is -0.421. The zero-order valence-electron chi connectivity index (χ0n) is 14.2. The van der Waals surface area contributed by atoms with Crippen molar-refractivity contribution in [3.63, 3.8) is 0 Å². The number of nitrogens with zero attached hydrogens (tertiary/aromatic N) is 4. The van der Waals surface area contributed by atoms with Crippen molar-refractivity contribution in [1.82, 2.24) is 25.5 Å². The fourth-order valence-electron chi connectivity index (χ4n) is 1.75. The average molecular weight is 368 g/mol. The first kappa shape index (κ1) is 18.6. The summed E-state index contributed by atoms with van der Waals surface area (Å²) in [6.45, 7) is 8.65. The second-order valence-corrected chi connectivity index (χ2v) is 8.30. The molecule has 2 aromatic heterocycles. The molecule has 130 valence electrons. The van der Waals surface area contributed by atoms with Gasteiger partial charge in [-0.1, -0.05) is 32.5 Å². The van der Waals surface area contributed by atoms with Crippen molar-refractivity contribution in [2.24, 2.45) is 5.41 Å². The molecule has 1 amide bonds. The number of carbonyl (C=O) groups is 2. The highest BCUT2D eigenvalue weighted by atomic mass is 32.2. The summed E-state index contributed by atoms with van der Waals surface area (Å²) < 4.78 is 1.65. The number of thioether (sulfide) groups is 1. The number of hydrogen-bond acceptors (Lipinski definition) is 7. The fourth-order valence-corrected chi connectivity index (χ4v) is 3.56. The van der Waals surface area contributed by atoms with Gasteiger partial charge in [-0.2, -0.15) is 0 Å². The van der Waals surface area contributed by atoms with Crippen molar-refractivity contribution >= 4 is 34.8 Å². The van der Waals surface area contributed by atoms with Crippen molar-refractivity contribution in [3.8, 4) is 0 Å². The Morgan fingerprint density at radius 1 is 1.33 bits per heavy atom. The van der Waals surface area contributed by atoms with Gasteiger partial charge in [0, 0.05) is 16.8 Å². The summed E-state index contributed by atoms with van der Waals surface area (Å²) in [5.74, 6) is 0.309. The SMILES string of the molecule is CCn1nnnc1SCC(=O)c1ccc(CNC(=O)C(C)(C)C)s1. The Kier molecular flexibility index (Phi) is 6.11. The maximum Gasteiger partial charge on any atom is 0.225 e. The van der Waals surface area contributed by atoms with E-state index in [-0.39, 0.29) is 17.4 Å². The normalized spacial score (nSPS) is 11.5. The van der Waals surface area contributed by atoms with E-state index in [1.54, 1.807) is 10.7 Å². The van der Waals surface area contributed by atoms with Crippen LogP contribution in [-0.4, -0.2) is 37.7 Å². The number of aryl methyl sites for hydroxylation is 1. The van der Waals surface area contributed by atoms with Crippen LogP contribution < -0.4 is 5.32 Å². The Labute approximate surface area is 149 Å². The highest BCUT2D eigenvalue weighted by Crippen LogP contribution is 2.21. The minimum Gasteiger partial charge on any atom is -0.351 e. The number of ketones is 1. The third-order valence-corrected chi connectivity index (χ3v) is 5.26. The zero-order valence-corrected chi connectivity index (χ0v) is 15.8. The Hall–Kier alpha value is -1.74. The van der Waals surface area contributed by atoms with Gasteiger partial charge in [0.25, 0.3) is 0 Å². The van der Waals surface area contributed by atoms with Crippen LogP contribution >= 0.6 is 23.1 Å². The maximum atomic E-state index is 12.3. The molecule has 0 spiro atoms. The number of Topliss-reactive ketones (excluding diaryl/α,β-unsaturated/α-hetero) is 1. The molecule has 0 aliphatic carbocycles. The van der Waals surface area contributed by atoms with Gasteiger partial charge in [-0.25, -0.2) is 4.68 Å². The van der Waals surface area contributed by atoms with Gasteiger partial charge in [0.05, 0.1) is 17.2 Å². The lowest BCUT2D eigenvalue weighted by atomic mass is 9.96. The first-order chi connectivity index (χ1) is 11.3. The molecule has 2 heterocycles. The molecule has 9 heteroatoms. The number of carbonyl (C=O) groups excluding carboxylic acids is 2. The Morgan fingerprint density at radius 2 is 2.08 bits per heavy atom. The molecule has 2 rings (SSSR count). The van der Waals surface area contributed by atoms with E-state index in [1.807, 2.05) is 33.8 Å². The predicted molar refractivity (Wildman–Crippen MR) is 94.2 cm³/mol. The molecule has 0 saturated heterocycles. The molecule has 7 nitrogen and oxygen atoms in total. The van der Waals surface area contributed by atoms with Crippen LogP contribution in [0.25, 0.3) is 0 Å². The van der Waals surface area contributed by atoms with Gasteiger partial charge in [-0.3, -0.25) is 9.59 Å². The van der Waals surface area contributed by atoms with Crippen LogP contribution in [0.4, 0.5) is 0 Å². The molecule has 1 N–H and O–H groups in total. The molecule has 2 aromatic rings. The van der Waals surface area contributed by atoms with Gasteiger partial charge < -0.3 is 5.32 Å². The standard InChI is InChI=1S/C15H21N5O2S2/c1-5-20-14(17-18-19-20)23-9-11(21)12-7-6-10(24-12)8-16-13(22)15(2,3)4/h6-7H,5,8-9H2,1-4H3,(H,16,22). The minimum absolute atomic E-state index is 0.00858. The van der Waals surface area contributed by atoms with Crippen molar-refractivity contribution in [2.45, 2.75) is 45.9 Å². The van der Waals surface area contributed by atoms with Crippen LogP contribution in [0, 0.1) is 5.41 Å². The zero-order chi connectivity index (χ0) is 17.7. The smallest absolute Gasteiger partial charge is 0.225 e. The van der Waals surface area contributed by atoms with Crippen LogP contribution in [-0.2, 0) is 17.9 Å². The molecule has 24 heavy (non-hydrogen) atoms. The third kappa shape index (κ3) is 4.88. The number of hydrogen-bond donors (Lipinski definition) is 1. The van der Waals surface area contributed by atoms with Gasteiger partial charge in [0.15, 0.2) is 5.78 Å². The Bertz CT molecular complexity index is 718. The molecule has 0 aromatic carbocycles. The van der Waals surface area contributed by atoms with E-state index in [0.29, 0.717) is 23.1 Å². The van der Waals surface area contributed by atoms with E-state index < -0.39 is 5.41 Å². The summed E-state index contributed by atoms with van der Waals surface area (Å²) in [5.41, 5.74) is -0.421. The van der Waals surface area contributed by atoms with Crippen LogP contribution in [0.15, 0.2) is 17.3 Å². The summed E-state index contributed by atoms with van der Waals surface area (Å²) in [7, 11) is 0. The summed E-state index contributed by atoms with van der Waals surface area (Å²) in [6, 6.07) is 3.68. The topological polar surface area (TPSA) is 89.8 Å². The lowest BCUT2D eigenvalue weighted by molar-refractivity contribution is -0.128. The molecule has 0 aliphatic heterocycles. The van der Waals surface area contributed by atoms with Gasteiger partial charge in [-0.05, 0) is 29.5 Å². The van der Waals surface area contributed by atoms with Crippen molar-refractivity contribution in [3.05, 3.63) is 21.9 Å². The first-order valence-corrected chi connectivity index (χ1v) is 9.40. The molecular weight excluding hydrogens is 346 g/mol. The van der Waals surface area contributed by atoms with Crippen molar-refractivity contribution < 1.29 is 9.59 Å². The average Bonchev–Trinajstić information content (AvgIpc) is 3.17. The molecule has 0 radical (unpaired) electrons. The molecule has 0 aliphatic rings. The van der Waals surface area contributed by atoms with E-state index in [9.17, 15) is 9.59 Å². The monoisotopic (exact) mass is 367 g/mol. The highest BCUT2D eigenvalue weighted by Gasteiger charge is 2.21. The van der Waals surface area contributed by atoms with E-state index in [1.165, 1.54) is 23.1 Å². The molecule has 0 bridgehead atoms. The number of thiophene rings is 1. The summed E-state index contributed by atoms with van der Waals surface area (Å²) in [6.07, 6.45) is 0. The largest absolute Gasteiger partial charge is 0.351 e. The van der Waals surface area contributed by atoms with Gasteiger partial charge in [0.2, 0.25) is 11.1 Å². The van der Waals surface area contributed by atoms with Crippen molar-refractivity contribution in [1.29, 1.82) is 0 Å². The Morgan fingerprint density at radius 3 is 2.75 bits per heavy atom. The van der Waals surface area contributed by atoms with Gasteiger partial charge in [0.1, 0.15) is 0 Å². The summed E-state index contributed by atoms with van der Waals surface area (Å²) in [4.78, 5) is 25.8. The Balaban J connectivity index is 1.88. The van der Waals surface area contributed by atoms with Crippen LogP contribution in [0.1, 0.15) is 42.2 Å². The van der Waals surface area contributed by atoms with E-state index in [0.717, 1.165) is 4.88 Å². The van der Waals surface area contributed by atoms with Crippen LogP contribution in [0.3, 0.4) is 0 Å². The lowest BCUT2D eigenvalue weighted by Crippen LogP contribution is -2.34. The van der Waals surface area contributed by atoms with Gasteiger partial charge >= 0.3 is 0 Å². The van der Waals surface area contributed by atoms with Crippen molar-refractivity contribution in [2.75, 3.05) is 5.75 Å². The maximum absolute atomic E-state index is 12.3. The quantitative estimate of drug-likeness (QED) is 0.597. The molecule has 0 unspecified atom stereocenters. The molecule has 0 saturated carbocycles. The number of aromatic nitrogens is 4. The number of nitrogens with one attached hydrogen (secondary N) is 1. The van der Waals surface area contributed by atoms with E-state index >= 15 is 0 Å². The fraction of sp³-hybridized carbons (Fsp3) is 0.533. The second-order valence-electron chi connectivity index (χ2n) is 6.19. The van der Waals surface area contributed by atoms with E-state index in [2.05, 4.69) is 20.8 Å². The second kappa shape index (κ2) is 7.89. The van der Waals surface area contributed by atoms with E-state index in [4.69, 9.17) is 0 Å². The molecule has 0 atom stereocenters. The van der Waals surface area contributed by atoms with Crippen LogP contribution in [0.5, 0.6) is 0 Å². The third-order valence-electron chi connectivity index (χ3n) is 3.17. The van der Waals surface area contributed by atoms with Crippen LogP contribution in [0.2, 0.25) is 0 Å². The lowest BCUT2D eigenvalue weighted by Gasteiger charge is -2.17. The number of rotatable bonds is 7.